The third-order valence-electron chi connectivity index (χ3n) is 1.54. The Labute approximate surface area is 73.9 Å². The molecule has 0 aromatic heterocycles. The molecule has 12 heavy (non-hydrogen) atoms. The first-order valence-electron chi connectivity index (χ1n) is 4.13. The summed E-state index contributed by atoms with van der Waals surface area (Å²) in [5.74, 6) is 0. The molecule has 2 nitrogen and oxygen atoms in total. The summed E-state index contributed by atoms with van der Waals surface area (Å²) in [6.45, 7) is 3.62. The first-order chi connectivity index (χ1) is 5.85. The third-order valence-corrected chi connectivity index (χ3v) is 1.54. The van der Waals surface area contributed by atoms with Crippen molar-refractivity contribution in [1.29, 1.82) is 0 Å². The molecule has 0 N–H and O–H groups in total. The highest BCUT2D eigenvalue weighted by atomic mass is 16.5. The molecule has 0 aliphatic carbocycles. The molecule has 0 rings (SSSR count). The van der Waals surface area contributed by atoms with Crippen molar-refractivity contribution in [2.75, 3.05) is 7.11 Å². The van der Waals surface area contributed by atoms with E-state index in [1.165, 1.54) is 6.26 Å². The number of methoxy groups -OCH3 is 1. The highest BCUT2D eigenvalue weighted by molar-refractivity contribution is 5.72. The zero-order chi connectivity index (χ0) is 9.23. The number of allylic oxidation sites excluding steroid dienone is 2. The van der Waals surface area contributed by atoms with Gasteiger partial charge in [0.1, 0.15) is 6.29 Å². The van der Waals surface area contributed by atoms with Crippen LogP contribution in [0.5, 0.6) is 0 Å². The predicted molar refractivity (Wildman–Crippen MR) is 49.8 cm³/mol. The second-order valence-corrected chi connectivity index (χ2v) is 2.58. The lowest BCUT2D eigenvalue weighted by molar-refractivity contribution is -0.105. The van der Waals surface area contributed by atoms with Crippen LogP contribution in [0.15, 0.2) is 24.5 Å². The molecule has 0 radical (unpaired) electrons. The maximum absolute atomic E-state index is 10.4. The quantitative estimate of drug-likeness (QED) is 0.192. The van der Waals surface area contributed by atoms with Crippen LogP contribution in [0.2, 0.25) is 0 Å². The zero-order valence-electron chi connectivity index (χ0n) is 7.58. The molecule has 0 unspecified atom stereocenters. The standard InChI is InChI=1S/C10H16O2/c1-3-4-5-6-7-10(8-11)9-12-2/h3,8-9H,1,4-7H2,2H3/b10-9+. The monoisotopic (exact) mass is 168 g/mol. The minimum absolute atomic E-state index is 0.724. The molecule has 0 atom stereocenters. The Morgan fingerprint density at radius 3 is 2.75 bits per heavy atom. The van der Waals surface area contributed by atoms with Crippen LogP contribution >= 0.6 is 0 Å². The summed E-state index contributed by atoms with van der Waals surface area (Å²) in [4.78, 5) is 10.4. The first kappa shape index (κ1) is 11.0. The lowest BCUT2D eigenvalue weighted by Gasteiger charge is -1.97. The summed E-state index contributed by atoms with van der Waals surface area (Å²) in [7, 11) is 1.55. The van der Waals surface area contributed by atoms with Crippen molar-refractivity contribution in [1.82, 2.24) is 0 Å². The zero-order valence-corrected chi connectivity index (χ0v) is 7.58. The van der Waals surface area contributed by atoms with Crippen molar-refractivity contribution in [2.24, 2.45) is 0 Å². The lowest BCUT2D eigenvalue weighted by Crippen LogP contribution is -1.86. The molecular weight excluding hydrogens is 152 g/mol. The molecular formula is C10H16O2. The van der Waals surface area contributed by atoms with E-state index in [9.17, 15) is 4.79 Å². The summed E-state index contributed by atoms with van der Waals surface area (Å²) in [5, 5.41) is 0. The van der Waals surface area contributed by atoms with Crippen molar-refractivity contribution in [3.05, 3.63) is 24.5 Å². The molecule has 2 heteroatoms. The number of carbonyl (C=O) groups is 1. The van der Waals surface area contributed by atoms with E-state index in [4.69, 9.17) is 4.74 Å². The largest absolute Gasteiger partial charge is 0.504 e. The van der Waals surface area contributed by atoms with E-state index in [1.807, 2.05) is 6.08 Å². The average molecular weight is 168 g/mol. The summed E-state index contributed by atoms with van der Waals surface area (Å²) >= 11 is 0. The van der Waals surface area contributed by atoms with Crippen LogP contribution in [0.4, 0.5) is 0 Å². The fourth-order valence-corrected chi connectivity index (χ4v) is 0.915. The number of hydrogen-bond donors (Lipinski definition) is 0. The van der Waals surface area contributed by atoms with Crippen molar-refractivity contribution in [2.45, 2.75) is 25.7 Å². The van der Waals surface area contributed by atoms with E-state index in [0.717, 1.165) is 37.5 Å². The first-order valence-corrected chi connectivity index (χ1v) is 4.13. The highest BCUT2D eigenvalue weighted by Crippen LogP contribution is 2.06. The minimum atomic E-state index is 0.724. The molecule has 0 aromatic rings. The van der Waals surface area contributed by atoms with Gasteiger partial charge in [-0.05, 0) is 25.7 Å². The van der Waals surface area contributed by atoms with Gasteiger partial charge in [-0.3, -0.25) is 4.79 Å². The number of hydrogen-bond acceptors (Lipinski definition) is 2. The molecule has 0 aliphatic heterocycles. The Hall–Kier alpha value is -1.05. The number of ether oxygens (including phenoxy) is 1. The molecule has 68 valence electrons. The van der Waals surface area contributed by atoms with Crippen LogP contribution in [0, 0.1) is 0 Å². The molecule has 0 aromatic carbocycles. The smallest absolute Gasteiger partial charge is 0.149 e. The van der Waals surface area contributed by atoms with Gasteiger partial charge in [0.25, 0.3) is 0 Å². The van der Waals surface area contributed by atoms with Gasteiger partial charge in [-0.1, -0.05) is 6.08 Å². The van der Waals surface area contributed by atoms with Crippen LogP contribution in [0.1, 0.15) is 25.7 Å². The maximum Gasteiger partial charge on any atom is 0.149 e. The second kappa shape index (κ2) is 8.05. The summed E-state index contributed by atoms with van der Waals surface area (Å²) in [5.41, 5.74) is 0.724. The van der Waals surface area contributed by atoms with Gasteiger partial charge < -0.3 is 4.74 Å². The molecule has 0 saturated carbocycles. The van der Waals surface area contributed by atoms with Crippen molar-refractivity contribution in [3.8, 4) is 0 Å². The Kier molecular flexibility index (Phi) is 7.35. The SMILES string of the molecule is C=CCCCC/C(C=O)=C\OC. The minimum Gasteiger partial charge on any atom is -0.504 e. The Bertz CT molecular complexity index is 159. The number of aldehydes is 1. The van der Waals surface area contributed by atoms with E-state index >= 15 is 0 Å². The number of carbonyl (C=O) groups excluding carboxylic acids is 1. The van der Waals surface area contributed by atoms with Gasteiger partial charge in [0.05, 0.1) is 13.4 Å². The van der Waals surface area contributed by atoms with E-state index in [0.29, 0.717) is 0 Å². The molecule has 0 saturated heterocycles. The van der Waals surface area contributed by atoms with E-state index in [1.54, 1.807) is 7.11 Å². The van der Waals surface area contributed by atoms with Crippen LogP contribution in [-0.2, 0) is 9.53 Å². The van der Waals surface area contributed by atoms with Gasteiger partial charge >= 0.3 is 0 Å². The van der Waals surface area contributed by atoms with Gasteiger partial charge in [0.2, 0.25) is 0 Å². The Morgan fingerprint density at radius 2 is 2.25 bits per heavy atom. The molecule has 0 spiro atoms. The fourth-order valence-electron chi connectivity index (χ4n) is 0.915. The predicted octanol–water partition coefficient (Wildman–Crippen LogP) is 2.46. The molecule has 0 fully saturated rings. The third kappa shape index (κ3) is 5.71. The average Bonchev–Trinajstić information content (AvgIpc) is 2.10. The van der Waals surface area contributed by atoms with E-state index < -0.39 is 0 Å². The van der Waals surface area contributed by atoms with Gasteiger partial charge in [0.15, 0.2) is 0 Å². The summed E-state index contributed by atoms with van der Waals surface area (Å²) in [6.07, 6.45) is 8.14. The van der Waals surface area contributed by atoms with Crippen molar-refractivity contribution < 1.29 is 9.53 Å². The van der Waals surface area contributed by atoms with Gasteiger partial charge in [-0.2, -0.15) is 0 Å². The fraction of sp³-hybridized carbons (Fsp3) is 0.500. The van der Waals surface area contributed by atoms with E-state index in [2.05, 4.69) is 6.58 Å². The lowest BCUT2D eigenvalue weighted by atomic mass is 10.1. The summed E-state index contributed by atoms with van der Waals surface area (Å²) < 4.78 is 4.74. The van der Waals surface area contributed by atoms with Gasteiger partial charge in [0, 0.05) is 5.57 Å². The van der Waals surface area contributed by atoms with Crippen LogP contribution < -0.4 is 0 Å². The Balaban J connectivity index is 3.51. The highest BCUT2D eigenvalue weighted by Gasteiger charge is 1.94. The maximum atomic E-state index is 10.4. The van der Waals surface area contributed by atoms with Crippen molar-refractivity contribution in [3.63, 3.8) is 0 Å². The summed E-state index contributed by atoms with van der Waals surface area (Å²) in [6, 6.07) is 0. The molecule has 0 aliphatic rings. The normalized spacial score (nSPS) is 10.9. The van der Waals surface area contributed by atoms with Gasteiger partial charge in [-0.15, -0.1) is 6.58 Å². The second-order valence-electron chi connectivity index (χ2n) is 2.58. The van der Waals surface area contributed by atoms with Crippen LogP contribution in [0.25, 0.3) is 0 Å². The number of rotatable bonds is 7. The number of unbranched alkanes of at least 4 members (excludes halogenated alkanes) is 2. The van der Waals surface area contributed by atoms with Crippen LogP contribution in [0.3, 0.4) is 0 Å². The molecule has 0 bridgehead atoms. The molecule has 0 heterocycles. The van der Waals surface area contributed by atoms with Crippen LogP contribution in [-0.4, -0.2) is 13.4 Å². The molecule has 0 amide bonds. The van der Waals surface area contributed by atoms with E-state index in [-0.39, 0.29) is 0 Å². The Morgan fingerprint density at radius 1 is 1.50 bits per heavy atom. The topological polar surface area (TPSA) is 26.3 Å². The van der Waals surface area contributed by atoms with Crippen molar-refractivity contribution >= 4 is 6.29 Å². The van der Waals surface area contributed by atoms with Gasteiger partial charge in [-0.25, -0.2) is 0 Å².